The van der Waals surface area contributed by atoms with E-state index in [1.165, 1.54) is 61.7 Å². The zero-order valence-corrected chi connectivity index (χ0v) is 15.2. The van der Waals surface area contributed by atoms with Gasteiger partial charge in [-0.05, 0) is 25.5 Å². The number of rotatable bonds is 4. The van der Waals surface area contributed by atoms with Gasteiger partial charge in [0, 0.05) is 61.9 Å². The van der Waals surface area contributed by atoms with E-state index < -0.39 is 0 Å². The fraction of sp³-hybridized carbons (Fsp3) is 0.526. The molecule has 2 saturated heterocycles. The highest BCUT2D eigenvalue weighted by Gasteiger charge is 2.26. The molecule has 0 bridgehead atoms. The lowest BCUT2D eigenvalue weighted by atomic mass is 10.1. The Labute approximate surface area is 148 Å². The molecule has 24 heavy (non-hydrogen) atoms. The van der Waals surface area contributed by atoms with E-state index in [1.807, 2.05) is 11.3 Å². The lowest BCUT2D eigenvalue weighted by Gasteiger charge is -2.37. The zero-order chi connectivity index (χ0) is 16.4. The number of aryl methyl sites for hydroxylation is 1. The summed E-state index contributed by atoms with van der Waals surface area (Å²) < 4.78 is 0. The predicted octanol–water partition coefficient (Wildman–Crippen LogP) is 2.60. The maximum Gasteiger partial charge on any atom is 0.123 e. The molecule has 1 aromatic heterocycles. The third-order valence-electron chi connectivity index (χ3n) is 5.27. The van der Waals surface area contributed by atoms with Crippen LogP contribution in [0.15, 0.2) is 30.5 Å². The molecule has 2 fully saturated rings. The molecular weight excluding hydrogens is 316 g/mol. The van der Waals surface area contributed by atoms with Crippen LogP contribution in [-0.4, -0.2) is 60.1 Å². The summed E-state index contributed by atoms with van der Waals surface area (Å²) in [4.78, 5) is 11.3. The minimum absolute atomic E-state index is 0.767. The summed E-state index contributed by atoms with van der Waals surface area (Å²) in [6.45, 7) is 10.3. The standard InChI is InChI=1S/C19H26N4S/c1-15-4-2-3-5-18(15)19-21-13-17(24-19)14-22-8-10-23(11-9-22)16-6-7-20-12-16/h2-5,13,16,20H,6-12,14H2,1H3/t16-/m1/s1. The van der Waals surface area contributed by atoms with Gasteiger partial charge in [0.15, 0.2) is 0 Å². The molecule has 1 atom stereocenters. The van der Waals surface area contributed by atoms with Gasteiger partial charge in [-0.15, -0.1) is 11.3 Å². The van der Waals surface area contributed by atoms with Gasteiger partial charge in [-0.1, -0.05) is 24.3 Å². The molecule has 4 nitrogen and oxygen atoms in total. The summed E-state index contributed by atoms with van der Waals surface area (Å²) in [6, 6.07) is 9.29. The van der Waals surface area contributed by atoms with Gasteiger partial charge >= 0.3 is 0 Å². The van der Waals surface area contributed by atoms with Crippen molar-refractivity contribution in [3.8, 4) is 10.6 Å². The van der Waals surface area contributed by atoms with Crippen molar-refractivity contribution in [2.75, 3.05) is 39.3 Å². The summed E-state index contributed by atoms with van der Waals surface area (Å²) >= 11 is 1.84. The van der Waals surface area contributed by atoms with Gasteiger partial charge < -0.3 is 5.32 Å². The second kappa shape index (κ2) is 7.31. The molecule has 0 saturated carbocycles. The number of piperazine rings is 1. The van der Waals surface area contributed by atoms with E-state index in [0.29, 0.717) is 0 Å². The Hall–Kier alpha value is -1.27. The molecule has 1 aromatic carbocycles. The van der Waals surface area contributed by atoms with Crippen molar-refractivity contribution in [1.82, 2.24) is 20.1 Å². The van der Waals surface area contributed by atoms with E-state index in [9.17, 15) is 0 Å². The lowest BCUT2D eigenvalue weighted by Crippen LogP contribution is -2.50. The van der Waals surface area contributed by atoms with Crippen LogP contribution in [0.1, 0.15) is 16.9 Å². The molecule has 2 aliphatic heterocycles. The maximum absolute atomic E-state index is 4.66. The summed E-state index contributed by atoms with van der Waals surface area (Å²) in [5.41, 5.74) is 2.57. The van der Waals surface area contributed by atoms with E-state index in [4.69, 9.17) is 0 Å². The molecule has 0 radical (unpaired) electrons. The van der Waals surface area contributed by atoms with Crippen molar-refractivity contribution >= 4 is 11.3 Å². The zero-order valence-electron chi connectivity index (χ0n) is 14.4. The molecule has 128 valence electrons. The lowest BCUT2D eigenvalue weighted by molar-refractivity contribution is 0.0987. The van der Waals surface area contributed by atoms with E-state index in [2.05, 4.69) is 57.5 Å². The third-order valence-corrected chi connectivity index (χ3v) is 6.28. The number of nitrogens with zero attached hydrogens (tertiary/aromatic N) is 3. The van der Waals surface area contributed by atoms with Crippen molar-refractivity contribution in [2.45, 2.75) is 25.9 Å². The van der Waals surface area contributed by atoms with Gasteiger partial charge in [0.25, 0.3) is 0 Å². The van der Waals surface area contributed by atoms with Gasteiger partial charge in [0.2, 0.25) is 0 Å². The Morgan fingerprint density at radius 3 is 2.79 bits per heavy atom. The Bertz CT molecular complexity index is 670. The van der Waals surface area contributed by atoms with Crippen LogP contribution in [-0.2, 0) is 6.54 Å². The number of hydrogen-bond donors (Lipinski definition) is 1. The summed E-state index contributed by atoms with van der Waals surface area (Å²) in [5.74, 6) is 0. The van der Waals surface area contributed by atoms with Crippen LogP contribution in [0.4, 0.5) is 0 Å². The summed E-state index contributed by atoms with van der Waals surface area (Å²) in [5, 5.41) is 4.63. The Kier molecular flexibility index (Phi) is 4.94. The molecule has 0 aliphatic carbocycles. The van der Waals surface area contributed by atoms with Gasteiger partial charge in [0.1, 0.15) is 5.01 Å². The molecule has 4 rings (SSSR count). The number of benzene rings is 1. The number of nitrogens with one attached hydrogen (secondary N) is 1. The second-order valence-corrected chi connectivity index (χ2v) is 8.02. The van der Waals surface area contributed by atoms with Crippen molar-refractivity contribution in [3.05, 3.63) is 40.9 Å². The first-order valence-electron chi connectivity index (χ1n) is 8.97. The van der Waals surface area contributed by atoms with Crippen LogP contribution < -0.4 is 5.32 Å². The van der Waals surface area contributed by atoms with Gasteiger partial charge in [0.05, 0.1) is 0 Å². The molecule has 0 amide bonds. The highest BCUT2D eigenvalue weighted by molar-refractivity contribution is 7.15. The number of hydrogen-bond acceptors (Lipinski definition) is 5. The fourth-order valence-corrected chi connectivity index (χ4v) is 4.82. The van der Waals surface area contributed by atoms with Crippen molar-refractivity contribution < 1.29 is 0 Å². The fourth-order valence-electron chi connectivity index (χ4n) is 3.78. The summed E-state index contributed by atoms with van der Waals surface area (Å²) in [7, 11) is 0. The van der Waals surface area contributed by atoms with Crippen molar-refractivity contribution in [3.63, 3.8) is 0 Å². The topological polar surface area (TPSA) is 31.4 Å². The molecular formula is C19H26N4S. The third kappa shape index (κ3) is 3.54. The highest BCUT2D eigenvalue weighted by atomic mass is 32.1. The molecule has 0 spiro atoms. The molecule has 5 heteroatoms. The monoisotopic (exact) mass is 342 g/mol. The van der Waals surface area contributed by atoms with E-state index in [-0.39, 0.29) is 0 Å². The van der Waals surface area contributed by atoms with Gasteiger partial charge in [-0.25, -0.2) is 4.98 Å². The maximum atomic E-state index is 4.66. The van der Waals surface area contributed by atoms with E-state index in [0.717, 1.165) is 17.6 Å². The molecule has 3 heterocycles. The quantitative estimate of drug-likeness (QED) is 0.925. The minimum atomic E-state index is 0.767. The van der Waals surface area contributed by atoms with E-state index >= 15 is 0 Å². The molecule has 2 aromatic rings. The minimum Gasteiger partial charge on any atom is -0.315 e. The van der Waals surface area contributed by atoms with Crippen LogP contribution in [0.25, 0.3) is 10.6 Å². The first kappa shape index (κ1) is 16.2. The van der Waals surface area contributed by atoms with Crippen LogP contribution in [0.2, 0.25) is 0 Å². The second-order valence-electron chi connectivity index (χ2n) is 6.91. The summed E-state index contributed by atoms with van der Waals surface area (Å²) in [6.07, 6.45) is 3.38. The first-order valence-corrected chi connectivity index (χ1v) is 9.79. The molecule has 1 N–H and O–H groups in total. The first-order chi connectivity index (χ1) is 11.8. The number of thiazole rings is 1. The predicted molar refractivity (Wildman–Crippen MR) is 100 cm³/mol. The van der Waals surface area contributed by atoms with Crippen LogP contribution in [0.5, 0.6) is 0 Å². The largest absolute Gasteiger partial charge is 0.315 e. The average Bonchev–Trinajstić information content (AvgIpc) is 3.28. The van der Waals surface area contributed by atoms with E-state index in [1.54, 1.807) is 0 Å². The van der Waals surface area contributed by atoms with Gasteiger partial charge in [-0.2, -0.15) is 0 Å². The van der Waals surface area contributed by atoms with Crippen molar-refractivity contribution in [2.24, 2.45) is 0 Å². The van der Waals surface area contributed by atoms with Crippen LogP contribution in [0, 0.1) is 6.92 Å². The smallest absolute Gasteiger partial charge is 0.123 e. The normalized spacial score (nSPS) is 23.0. The van der Waals surface area contributed by atoms with Crippen LogP contribution >= 0.6 is 11.3 Å². The van der Waals surface area contributed by atoms with Gasteiger partial charge in [-0.3, -0.25) is 9.80 Å². The SMILES string of the molecule is Cc1ccccc1-c1ncc(CN2CCN([C@@H]3CCNC3)CC2)s1. The van der Waals surface area contributed by atoms with Crippen molar-refractivity contribution in [1.29, 1.82) is 0 Å². The Balaban J connectivity index is 1.34. The molecule has 2 aliphatic rings. The number of aromatic nitrogens is 1. The Morgan fingerprint density at radius 1 is 1.21 bits per heavy atom. The average molecular weight is 343 g/mol. The highest BCUT2D eigenvalue weighted by Crippen LogP contribution is 2.28. The van der Waals surface area contributed by atoms with Crippen LogP contribution in [0.3, 0.4) is 0 Å². The Morgan fingerprint density at radius 2 is 2.04 bits per heavy atom. The molecule has 0 unspecified atom stereocenters.